The molecule has 2 rings (SSSR count). The van der Waals surface area contributed by atoms with Gasteiger partial charge in [0.25, 0.3) is 0 Å². The van der Waals surface area contributed by atoms with Gasteiger partial charge in [-0.1, -0.05) is 12.1 Å². The number of carbonyl (C=O) groups excluding carboxylic acids is 1. The van der Waals surface area contributed by atoms with Gasteiger partial charge in [0.15, 0.2) is 0 Å². The van der Waals surface area contributed by atoms with Crippen LogP contribution in [0.25, 0.3) is 0 Å². The first-order chi connectivity index (χ1) is 10.2. The number of nitriles is 1. The molecule has 0 saturated carbocycles. The highest BCUT2D eigenvalue weighted by atomic mass is 79.9. The van der Waals surface area contributed by atoms with Crippen LogP contribution in [0.4, 0.5) is 0 Å². The Labute approximate surface area is 140 Å². The monoisotopic (exact) mass is 380 g/mol. The van der Waals surface area contributed by atoms with Crippen molar-refractivity contribution in [3.63, 3.8) is 0 Å². The second kappa shape index (κ2) is 8.23. The van der Waals surface area contributed by atoms with Gasteiger partial charge in [-0.05, 0) is 45.8 Å². The Morgan fingerprint density at radius 1 is 1.29 bits per heavy atom. The van der Waals surface area contributed by atoms with Gasteiger partial charge in [-0.2, -0.15) is 5.26 Å². The van der Waals surface area contributed by atoms with Gasteiger partial charge in [0.1, 0.15) is 0 Å². The molecule has 0 unspecified atom stereocenters. The number of benzene rings is 1. The van der Waals surface area contributed by atoms with Gasteiger partial charge in [0, 0.05) is 10.6 Å². The third kappa shape index (κ3) is 5.54. The maximum absolute atomic E-state index is 11.7. The third-order valence-electron chi connectivity index (χ3n) is 2.67. The highest BCUT2D eigenvalue weighted by Crippen LogP contribution is 2.21. The van der Waals surface area contributed by atoms with Crippen molar-refractivity contribution in [2.24, 2.45) is 0 Å². The second-order valence-corrected chi connectivity index (χ2v) is 7.82. The summed E-state index contributed by atoms with van der Waals surface area (Å²) >= 11 is 6.59. The number of nitrogens with zero attached hydrogens (tertiary/aromatic N) is 1. The van der Waals surface area contributed by atoms with Crippen molar-refractivity contribution in [3.8, 4) is 6.07 Å². The molecule has 1 heterocycles. The summed E-state index contributed by atoms with van der Waals surface area (Å²) in [5.41, 5.74) is 1.78. The van der Waals surface area contributed by atoms with Crippen LogP contribution in [0.3, 0.4) is 0 Å². The molecule has 0 aliphatic rings. The van der Waals surface area contributed by atoms with E-state index in [0.29, 0.717) is 17.9 Å². The van der Waals surface area contributed by atoms with Crippen molar-refractivity contribution < 1.29 is 4.79 Å². The molecule has 6 heteroatoms. The van der Waals surface area contributed by atoms with Gasteiger partial charge in [-0.3, -0.25) is 4.79 Å². The number of halogens is 1. The molecule has 1 N–H and O–H groups in total. The van der Waals surface area contributed by atoms with Crippen LogP contribution in [-0.4, -0.2) is 11.7 Å². The van der Waals surface area contributed by atoms with Gasteiger partial charge in [0.2, 0.25) is 5.91 Å². The predicted molar refractivity (Wildman–Crippen MR) is 91.2 cm³/mol. The fraction of sp³-hybridized carbons (Fsp3) is 0.200. The van der Waals surface area contributed by atoms with Crippen molar-refractivity contribution >= 4 is 44.9 Å². The summed E-state index contributed by atoms with van der Waals surface area (Å²) in [4.78, 5) is 12.9. The van der Waals surface area contributed by atoms with E-state index in [4.69, 9.17) is 5.26 Å². The Morgan fingerprint density at radius 3 is 2.67 bits per heavy atom. The molecule has 3 nitrogen and oxygen atoms in total. The molecule has 1 aromatic carbocycles. The number of thioether (sulfide) groups is 1. The van der Waals surface area contributed by atoms with Crippen molar-refractivity contribution in [1.82, 2.24) is 5.32 Å². The summed E-state index contributed by atoms with van der Waals surface area (Å²) in [5, 5.41) is 11.6. The van der Waals surface area contributed by atoms with E-state index >= 15 is 0 Å². The SMILES string of the molecule is N#Cc1ccc(CSCC(=O)NCc2ccc(Br)s2)cc1. The molecule has 21 heavy (non-hydrogen) atoms. The normalized spacial score (nSPS) is 10.1. The highest BCUT2D eigenvalue weighted by molar-refractivity contribution is 9.11. The number of hydrogen-bond donors (Lipinski definition) is 1. The van der Waals surface area contributed by atoms with Crippen LogP contribution in [0.15, 0.2) is 40.2 Å². The van der Waals surface area contributed by atoms with Gasteiger partial charge in [-0.15, -0.1) is 23.1 Å². The van der Waals surface area contributed by atoms with E-state index in [1.165, 1.54) is 0 Å². The topological polar surface area (TPSA) is 52.9 Å². The summed E-state index contributed by atoms with van der Waals surface area (Å²) in [6, 6.07) is 13.5. The van der Waals surface area contributed by atoms with Crippen molar-refractivity contribution in [2.75, 3.05) is 5.75 Å². The van der Waals surface area contributed by atoms with Crippen molar-refractivity contribution in [3.05, 3.63) is 56.2 Å². The van der Waals surface area contributed by atoms with E-state index < -0.39 is 0 Å². The Morgan fingerprint density at radius 2 is 2.05 bits per heavy atom. The molecular weight excluding hydrogens is 368 g/mol. The zero-order chi connectivity index (χ0) is 15.1. The predicted octanol–water partition coefficient (Wildman–Crippen LogP) is 3.93. The Kier molecular flexibility index (Phi) is 6.30. The van der Waals surface area contributed by atoms with Gasteiger partial charge in [0.05, 0.1) is 27.7 Å². The third-order valence-corrected chi connectivity index (χ3v) is 5.30. The van der Waals surface area contributed by atoms with Crippen LogP contribution < -0.4 is 5.32 Å². The minimum absolute atomic E-state index is 0.0400. The fourth-order valence-electron chi connectivity index (χ4n) is 1.62. The Hall–Kier alpha value is -1.29. The summed E-state index contributed by atoms with van der Waals surface area (Å²) in [7, 11) is 0. The minimum atomic E-state index is 0.0400. The molecule has 0 radical (unpaired) electrons. The van der Waals surface area contributed by atoms with Crippen LogP contribution >= 0.6 is 39.0 Å². The van der Waals surface area contributed by atoms with E-state index in [9.17, 15) is 4.79 Å². The number of carbonyl (C=O) groups is 1. The maximum atomic E-state index is 11.7. The molecule has 1 aromatic heterocycles. The fourth-order valence-corrected chi connectivity index (χ4v) is 3.86. The number of thiophene rings is 1. The average Bonchev–Trinajstić information content (AvgIpc) is 2.91. The van der Waals surface area contributed by atoms with Crippen LogP contribution in [-0.2, 0) is 17.1 Å². The summed E-state index contributed by atoms with van der Waals surface area (Å²) < 4.78 is 1.07. The minimum Gasteiger partial charge on any atom is -0.350 e. The van der Waals surface area contributed by atoms with Crippen LogP contribution in [0.1, 0.15) is 16.0 Å². The molecule has 0 saturated heterocycles. The molecular formula is C15H13BrN2OS2. The van der Waals surface area contributed by atoms with Gasteiger partial charge in [-0.25, -0.2) is 0 Å². The number of amides is 1. The molecule has 2 aromatic rings. The Balaban J connectivity index is 1.68. The lowest BCUT2D eigenvalue weighted by molar-refractivity contribution is -0.118. The molecule has 0 aliphatic carbocycles. The Bertz CT molecular complexity index is 646. The lowest BCUT2D eigenvalue weighted by atomic mass is 10.2. The highest BCUT2D eigenvalue weighted by Gasteiger charge is 2.04. The lowest BCUT2D eigenvalue weighted by Gasteiger charge is -2.04. The second-order valence-electron chi connectivity index (χ2n) is 4.28. The summed E-state index contributed by atoms with van der Waals surface area (Å²) in [6.45, 7) is 0.576. The van der Waals surface area contributed by atoms with Crippen molar-refractivity contribution in [1.29, 1.82) is 5.26 Å². The molecule has 1 amide bonds. The molecule has 108 valence electrons. The largest absolute Gasteiger partial charge is 0.350 e. The van der Waals surface area contributed by atoms with E-state index in [1.54, 1.807) is 35.2 Å². The van der Waals surface area contributed by atoms with Crippen LogP contribution in [0.5, 0.6) is 0 Å². The quantitative estimate of drug-likeness (QED) is 0.825. The first-order valence-electron chi connectivity index (χ1n) is 6.25. The molecule has 0 fully saturated rings. The molecule has 0 bridgehead atoms. The first-order valence-corrected chi connectivity index (χ1v) is 9.01. The zero-order valence-electron chi connectivity index (χ0n) is 11.1. The van der Waals surface area contributed by atoms with Crippen LogP contribution in [0, 0.1) is 11.3 Å². The molecule has 0 aliphatic heterocycles. The van der Waals surface area contributed by atoms with Gasteiger partial charge >= 0.3 is 0 Å². The lowest BCUT2D eigenvalue weighted by Crippen LogP contribution is -2.24. The summed E-state index contributed by atoms with van der Waals surface area (Å²) in [6.07, 6.45) is 0. The zero-order valence-corrected chi connectivity index (χ0v) is 14.4. The maximum Gasteiger partial charge on any atom is 0.230 e. The number of nitrogens with one attached hydrogen (secondary N) is 1. The van der Waals surface area contributed by atoms with E-state index in [1.807, 2.05) is 24.3 Å². The van der Waals surface area contributed by atoms with E-state index in [2.05, 4.69) is 27.3 Å². The number of hydrogen-bond acceptors (Lipinski definition) is 4. The summed E-state index contributed by atoms with van der Waals surface area (Å²) in [5.74, 6) is 1.24. The smallest absolute Gasteiger partial charge is 0.230 e. The van der Waals surface area contributed by atoms with Gasteiger partial charge < -0.3 is 5.32 Å². The first kappa shape index (κ1) is 16.1. The van der Waals surface area contributed by atoms with Crippen molar-refractivity contribution in [2.45, 2.75) is 12.3 Å². The van der Waals surface area contributed by atoms with Crippen LogP contribution in [0.2, 0.25) is 0 Å². The van der Waals surface area contributed by atoms with E-state index in [-0.39, 0.29) is 5.91 Å². The van der Waals surface area contributed by atoms with E-state index in [0.717, 1.165) is 20.0 Å². The molecule has 0 spiro atoms. The molecule has 0 atom stereocenters. The standard InChI is InChI=1S/C15H13BrN2OS2/c16-14-6-5-13(21-14)8-18-15(19)10-20-9-12-3-1-11(7-17)2-4-12/h1-6H,8-10H2,(H,18,19). The number of rotatable bonds is 6. The average molecular weight is 381 g/mol.